The summed E-state index contributed by atoms with van der Waals surface area (Å²) in [5.74, 6) is -0.338. The minimum Gasteiger partial charge on any atom is -0.465 e. The second kappa shape index (κ2) is 5.97. The average molecular weight is 256 g/mol. The Labute approximate surface area is 104 Å². The van der Waals surface area contributed by atoms with Gasteiger partial charge in [-0.1, -0.05) is 11.3 Å². The average Bonchev–Trinajstić information content (AvgIpc) is 2.99. The number of ether oxygens (including phenoxy) is 2. The molecule has 2 rings (SSSR count). The number of nitrogens with one attached hydrogen (secondary N) is 1. The molecule has 0 amide bonds. The Morgan fingerprint density at radius 1 is 1.76 bits per heavy atom. The van der Waals surface area contributed by atoms with Crippen molar-refractivity contribution in [3.63, 3.8) is 0 Å². The highest BCUT2D eigenvalue weighted by molar-refractivity contribution is 7.17. The smallest absolute Gasteiger partial charge is 0.349 e. The summed E-state index contributed by atoms with van der Waals surface area (Å²) in [6.07, 6.45) is 5.20. The first-order valence-corrected chi connectivity index (χ1v) is 6.51. The van der Waals surface area contributed by atoms with E-state index < -0.39 is 0 Å². The molecule has 0 saturated carbocycles. The van der Waals surface area contributed by atoms with Gasteiger partial charge in [0.2, 0.25) is 0 Å². The molecule has 1 aliphatic heterocycles. The lowest BCUT2D eigenvalue weighted by atomic mass is 10.2. The Morgan fingerprint density at radius 3 is 3.35 bits per heavy atom. The van der Waals surface area contributed by atoms with Crippen molar-refractivity contribution in [2.75, 3.05) is 25.6 Å². The Balaban J connectivity index is 1.74. The summed E-state index contributed by atoms with van der Waals surface area (Å²) in [5.41, 5.74) is 0. The topological polar surface area (TPSA) is 60.5 Å². The van der Waals surface area contributed by atoms with Gasteiger partial charge in [0.05, 0.1) is 19.4 Å². The van der Waals surface area contributed by atoms with Gasteiger partial charge < -0.3 is 14.8 Å². The highest BCUT2D eigenvalue weighted by Crippen LogP contribution is 2.20. The monoisotopic (exact) mass is 256 g/mol. The van der Waals surface area contributed by atoms with Crippen LogP contribution in [0.5, 0.6) is 0 Å². The largest absolute Gasteiger partial charge is 0.465 e. The Morgan fingerprint density at radius 2 is 2.65 bits per heavy atom. The third-order valence-corrected chi connectivity index (χ3v) is 3.59. The molecule has 17 heavy (non-hydrogen) atoms. The van der Waals surface area contributed by atoms with Crippen molar-refractivity contribution in [2.45, 2.75) is 25.4 Å². The molecule has 2 heterocycles. The second-order valence-corrected chi connectivity index (χ2v) is 4.90. The van der Waals surface area contributed by atoms with Crippen LogP contribution in [0.1, 0.15) is 28.9 Å². The van der Waals surface area contributed by atoms with Crippen LogP contribution < -0.4 is 5.32 Å². The number of hydrogen-bond acceptors (Lipinski definition) is 6. The van der Waals surface area contributed by atoms with Gasteiger partial charge in [-0.3, -0.25) is 0 Å². The molecule has 0 bridgehead atoms. The maximum absolute atomic E-state index is 11.2. The summed E-state index contributed by atoms with van der Waals surface area (Å²) in [4.78, 5) is 15.8. The molecule has 5 nitrogen and oxygen atoms in total. The third-order valence-electron chi connectivity index (χ3n) is 2.66. The van der Waals surface area contributed by atoms with Crippen LogP contribution >= 0.6 is 11.3 Å². The van der Waals surface area contributed by atoms with Crippen molar-refractivity contribution in [3.8, 4) is 0 Å². The summed E-state index contributed by atoms with van der Waals surface area (Å²) in [7, 11) is 1.37. The summed E-state index contributed by atoms with van der Waals surface area (Å²) in [6, 6.07) is 0. The fraction of sp³-hybridized carbons (Fsp3) is 0.636. The number of esters is 1. The highest BCUT2D eigenvalue weighted by atomic mass is 32.1. The van der Waals surface area contributed by atoms with Crippen LogP contribution in [0, 0.1) is 0 Å². The first-order valence-electron chi connectivity index (χ1n) is 5.69. The van der Waals surface area contributed by atoms with E-state index in [1.165, 1.54) is 24.6 Å². The molecular weight excluding hydrogens is 240 g/mol. The minimum atomic E-state index is -0.338. The van der Waals surface area contributed by atoms with Crippen molar-refractivity contribution in [3.05, 3.63) is 11.1 Å². The van der Waals surface area contributed by atoms with Crippen LogP contribution in [0.2, 0.25) is 0 Å². The van der Waals surface area contributed by atoms with Gasteiger partial charge in [0.15, 0.2) is 5.13 Å². The van der Waals surface area contributed by atoms with Gasteiger partial charge in [-0.2, -0.15) is 0 Å². The van der Waals surface area contributed by atoms with Crippen LogP contribution in [0.15, 0.2) is 6.20 Å². The first kappa shape index (κ1) is 12.3. The highest BCUT2D eigenvalue weighted by Gasteiger charge is 2.15. The van der Waals surface area contributed by atoms with E-state index in [4.69, 9.17) is 4.74 Å². The van der Waals surface area contributed by atoms with Gasteiger partial charge in [-0.05, 0) is 19.3 Å². The molecule has 1 N–H and O–H groups in total. The third kappa shape index (κ3) is 3.41. The van der Waals surface area contributed by atoms with Crippen LogP contribution in [0.25, 0.3) is 0 Å². The number of nitrogens with zero attached hydrogens (tertiary/aromatic N) is 1. The van der Waals surface area contributed by atoms with E-state index in [1.807, 2.05) is 0 Å². The molecule has 1 aliphatic rings. The van der Waals surface area contributed by atoms with Crippen molar-refractivity contribution in [1.82, 2.24) is 4.98 Å². The Kier molecular flexibility index (Phi) is 4.33. The zero-order chi connectivity index (χ0) is 12.1. The Hall–Kier alpha value is -1.14. The second-order valence-electron chi connectivity index (χ2n) is 3.87. The fourth-order valence-electron chi connectivity index (χ4n) is 1.76. The number of hydrogen-bond donors (Lipinski definition) is 1. The molecule has 1 aromatic heterocycles. The molecule has 94 valence electrons. The molecule has 1 aromatic rings. The predicted molar refractivity (Wildman–Crippen MR) is 65.5 cm³/mol. The van der Waals surface area contributed by atoms with E-state index in [9.17, 15) is 4.79 Å². The van der Waals surface area contributed by atoms with Crippen LogP contribution in [0.4, 0.5) is 5.13 Å². The summed E-state index contributed by atoms with van der Waals surface area (Å²) in [6.45, 7) is 1.70. The fourth-order valence-corrected chi connectivity index (χ4v) is 2.52. The first-order chi connectivity index (χ1) is 8.29. The normalized spacial score (nSPS) is 19.2. The number of carbonyl (C=O) groups is 1. The maximum Gasteiger partial charge on any atom is 0.349 e. The predicted octanol–water partition coefficient (Wildman–Crippen LogP) is 1.91. The number of methoxy groups -OCH3 is 1. The Bertz CT molecular complexity index is 375. The summed E-state index contributed by atoms with van der Waals surface area (Å²) < 4.78 is 10.1. The van der Waals surface area contributed by atoms with Crippen LogP contribution in [-0.4, -0.2) is 37.3 Å². The molecule has 0 radical (unpaired) electrons. The maximum atomic E-state index is 11.2. The molecule has 1 fully saturated rings. The lowest BCUT2D eigenvalue weighted by Crippen LogP contribution is -2.12. The molecule has 0 spiro atoms. The number of anilines is 1. The lowest BCUT2D eigenvalue weighted by molar-refractivity contribution is 0.0606. The van der Waals surface area contributed by atoms with Gasteiger partial charge in [0.1, 0.15) is 4.88 Å². The van der Waals surface area contributed by atoms with E-state index in [1.54, 1.807) is 0 Å². The minimum absolute atomic E-state index is 0.338. The van der Waals surface area contributed by atoms with Gasteiger partial charge in [-0.15, -0.1) is 0 Å². The SMILES string of the molecule is COC(=O)c1cnc(NCCC2CCCO2)s1. The molecular formula is C11H16N2O3S. The van der Waals surface area contributed by atoms with Crippen LogP contribution in [0.3, 0.4) is 0 Å². The van der Waals surface area contributed by atoms with Crippen LogP contribution in [-0.2, 0) is 9.47 Å². The molecule has 1 unspecified atom stereocenters. The summed E-state index contributed by atoms with van der Waals surface area (Å²) >= 11 is 1.31. The van der Waals surface area contributed by atoms with E-state index >= 15 is 0 Å². The number of thiazole rings is 1. The zero-order valence-electron chi connectivity index (χ0n) is 9.77. The van der Waals surface area contributed by atoms with Crippen molar-refractivity contribution < 1.29 is 14.3 Å². The van der Waals surface area contributed by atoms with Gasteiger partial charge in [0, 0.05) is 13.2 Å². The van der Waals surface area contributed by atoms with Crippen molar-refractivity contribution in [1.29, 1.82) is 0 Å². The molecule has 0 aliphatic carbocycles. The lowest BCUT2D eigenvalue weighted by Gasteiger charge is -2.08. The van der Waals surface area contributed by atoms with E-state index in [0.717, 1.165) is 37.5 Å². The molecule has 1 atom stereocenters. The molecule has 6 heteroatoms. The van der Waals surface area contributed by atoms with Gasteiger partial charge in [-0.25, -0.2) is 9.78 Å². The standard InChI is InChI=1S/C11H16N2O3S/c1-15-10(14)9-7-13-11(17-9)12-5-4-8-3-2-6-16-8/h7-8H,2-6H2,1H3,(H,12,13). The van der Waals surface area contributed by atoms with Crippen molar-refractivity contribution in [2.24, 2.45) is 0 Å². The summed E-state index contributed by atoms with van der Waals surface area (Å²) in [5, 5.41) is 3.94. The zero-order valence-corrected chi connectivity index (χ0v) is 10.6. The van der Waals surface area contributed by atoms with E-state index in [0.29, 0.717) is 11.0 Å². The van der Waals surface area contributed by atoms with E-state index in [-0.39, 0.29) is 5.97 Å². The van der Waals surface area contributed by atoms with Crippen molar-refractivity contribution >= 4 is 22.4 Å². The number of carbonyl (C=O) groups excluding carboxylic acids is 1. The van der Waals surface area contributed by atoms with E-state index in [2.05, 4.69) is 15.0 Å². The number of aromatic nitrogens is 1. The quantitative estimate of drug-likeness (QED) is 0.815. The van der Waals surface area contributed by atoms with Gasteiger partial charge in [0.25, 0.3) is 0 Å². The molecule has 0 aromatic carbocycles. The number of rotatable bonds is 5. The molecule has 1 saturated heterocycles. The van der Waals surface area contributed by atoms with Gasteiger partial charge >= 0.3 is 5.97 Å².